The van der Waals surface area contributed by atoms with Gasteiger partial charge >= 0.3 is 11.9 Å². The van der Waals surface area contributed by atoms with E-state index in [0.717, 1.165) is 0 Å². The molecular weight excluding hydrogens is 345 g/mol. The average Bonchev–Trinajstić information content (AvgIpc) is 2.40. The average molecular weight is 355 g/mol. The Labute approximate surface area is 130 Å². The van der Waals surface area contributed by atoms with Gasteiger partial charge in [-0.15, -0.1) is 0 Å². The second-order valence-electron chi connectivity index (χ2n) is 3.59. The summed E-state index contributed by atoms with van der Waals surface area (Å²) in [5, 5.41) is 8.73. The Bertz CT molecular complexity index is 564. The van der Waals surface area contributed by atoms with Gasteiger partial charge in [-0.25, -0.2) is 9.59 Å². The summed E-state index contributed by atoms with van der Waals surface area (Å²) in [7, 11) is 0. The normalized spacial score (nSPS) is 9.26. The van der Waals surface area contributed by atoms with Crippen molar-refractivity contribution < 1.29 is 46.7 Å². The van der Waals surface area contributed by atoms with Crippen LogP contribution in [0.3, 0.4) is 0 Å². The molecule has 5 heteroatoms. The van der Waals surface area contributed by atoms with Gasteiger partial charge in [0.05, 0.1) is 11.1 Å². The molecule has 0 aromatic heterocycles. The first-order valence-corrected chi connectivity index (χ1v) is 5.27. The third kappa shape index (κ3) is 4.16. The number of carbonyl (C=O) groups is 2. The van der Waals surface area contributed by atoms with E-state index in [1.807, 2.05) is 0 Å². The number of hydrogen-bond donors (Lipinski definition) is 1. The molecule has 0 spiro atoms. The summed E-state index contributed by atoms with van der Waals surface area (Å²) < 4.78 is 5.10. The van der Waals surface area contributed by atoms with Crippen molar-refractivity contribution in [2.75, 3.05) is 0 Å². The van der Waals surface area contributed by atoms with Gasteiger partial charge in [-0.1, -0.05) is 18.2 Å². The van der Waals surface area contributed by atoms with E-state index >= 15 is 0 Å². The molecule has 0 saturated carbocycles. The van der Waals surface area contributed by atoms with Crippen LogP contribution < -0.4 is 4.74 Å². The summed E-state index contributed by atoms with van der Waals surface area (Å²) in [5.41, 5.74) is 0.592. The van der Waals surface area contributed by atoms with Crippen LogP contribution in [0.25, 0.3) is 0 Å². The minimum atomic E-state index is -1.02. The van der Waals surface area contributed by atoms with E-state index in [1.165, 1.54) is 24.3 Å². The van der Waals surface area contributed by atoms with E-state index in [0.29, 0.717) is 11.3 Å². The molecule has 0 aliphatic rings. The van der Waals surface area contributed by atoms with Crippen molar-refractivity contribution in [2.45, 2.75) is 0 Å². The molecule has 0 radical (unpaired) electrons. The Hall–Kier alpha value is -1.70. The van der Waals surface area contributed by atoms with Crippen LogP contribution in [0.1, 0.15) is 20.7 Å². The molecule has 0 amide bonds. The first-order valence-electron chi connectivity index (χ1n) is 5.27. The van der Waals surface area contributed by atoms with E-state index in [2.05, 4.69) is 0 Å². The summed E-state index contributed by atoms with van der Waals surface area (Å²) >= 11 is 0. The number of carbonyl (C=O) groups excluding carboxylic acids is 1. The second-order valence-corrected chi connectivity index (χ2v) is 3.59. The Balaban J connectivity index is 0.00000180. The van der Waals surface area contributed by atoms with Crippen LogP contribution in [-0.4, -0.2) is 17.0 Å². The fourth-order valence-corrected chi connectivity index (χ4v) is 1.41. The molecule has 19 heavy (non-hydrogen) atoms. The minimum absolute atomic E-state index is 0. The largest absolute Gasteiger partial charge is 0.478 e. The maximum atomic E-state index is 11.7. The number of esters is 1. The first kappa shape index (κ1) is 15.4. The summed E-state index contributed by atoms with van der Waals surface area (Å²) in [5.74, 6) is -1.18. The third-order valence-corrected chi connectivity index (χ3v) is 2.32. The Morgan fingerprint density at radius 3 is 1.95 bits per heavy atom. The SMILES string of the molecule is O=C(O)c1ccc(OC(=O)c2ccccc2)cc1.[Cd]. The van der Waals surface area contributed by atoms with Crippen LogP contribution in [0.2, 0.25) is 0 Å². The predicted molar refractivity (Wildman–Crippen MR) is 64.8 cm³/mol. The van der Waals surface area contributed by atoms with Gasteiger partial charge < -0.3 is 9.84 Å². The fourth-order valence-electron chi connectivity index (χ4n) is 1.41. The molecule has 0 atom stereocenters. The van der Waals surface area contributed by atoms with Gasteiger partial charge in [0.1, 0.15) is 5.75 Å². The number of ether oxygens (including phenoxy) is 1. The summed E-state index contributed by atoms with van der Waals surface area (Å²) in [6, 6.07) is 14.2. The fraction of sp³-hybridized carbons (Fsp3) is 0. The summed E-state index contributed by atoms with van der Waals surface area (Å²) in [6.45, 7) is 0. The maximum Gasteiger partial charge on any atom is 0.343 e. The van der Waals surface area contributed by atoms with Crippen molar-refractivity contribution in [2.24, 2.45) is 0 Å². The molecule has 1 N–H and O–H groups in total. The van der Waals surface area contributed by atoms with Gasteiger partial charge in [0.15, 0.2) is 0 Å². The summed E-state index contributed by atoms with van der Waals surface area (Å²) in [6.07, 6.45) is 0. The Morgan fingerprint density at radius 2 is 1.42 bits per heavy atom. The molecule has 2 aromatic rings. The van der Waals surface area contributed by atoms with E-state index in [1.54, 1.807) is 30.3 Å². The zero-order valence-electron chi connectivity index (χ0n) is 10.1. The monoisotopic (exact) mass is 356 g/mol. The van der Waals surface area contributed by atoms with E-state index < -0.39 is 11.9 Å². The van der Waals surface area contributed by atoms with Crippen LogP contribution in [0, 0.1) is 0 Å². The van der Waals surface area contributed by atoms with E-state index in [4.69, 9.17) is 9.84 Å². The minimum Gasteiger partial charge on any atom is -0.478 e. The van der Waals surface area contributed by atoms with E-state index in [-0.39, 0.29) is 32.9 Å². The zero-order valence-corrected chi connectivity index (χ0v) is 14.1. The molecule has 0 fully saturated rings. The smallest absolute Gasteiger partial charge is 0.343 e. The van der Waals surface area contributed by atoms with Crippen molar-refractivity contribution in [3.8, 4) is 5.75 Å². The van der Waals surface area contributed by atoms with Gasteiger partial charge in [-0.3, -0.25) is 0 Å². The number of aromatic carboxylic acids is 1. The number of benzene rings is 2. The van der Waals surface area contributed by atoms with Crippen LogP contribution in [0.15, 0.2) is 54.6 Å². The summed E-state index contributed by atoms with van der Waals surface area (Å²) in [4.78, 5) is 22.3. The van der Waals surface area contributed by atoms with Crippen LogP contribution in [0.4, 0.5) is 0 Å². The molecule has 2 rings (SSSR count). The van der Waals surface area contributed by atoms with Gasteiger partial charge in [0.2, 0.25) is 0 Å². The molecular formula is C14H10CdO4. The molecule has 0 saturated heterocycles. The maximum absolute atomic E-state index is 11.7. The molecule has 0 aliphatic carbocycles. The number of carboxylic acid groups (broad SMARTS) is 1. The predicted octanol–water partition coefficient (Wildman–Crippen LogP) is 2.60. The van der Waals surface area contributed by atoms with Crippen molar-refractivity contribution in [1.82, 2.24) is 0 Å². The third-order valence-electron chi connectivity index (χ3n) is 2.32. The molecule has 4 nitrogen and oxygen atoms in total. The van der Waals surface area contributed by atoms with Crippen LogP contribution in [0.5, 0.6) is 5.75 Å². The first-order chi connectivity index (χ1) is 8.66. The second kappa shape index (κ2) is 7.03. The number of carboxylic acids is 1. The van der Waals surface area contributed by atoms with Crippen molar-refractivity contribution in [1.29, 1.82) is 0 Å². The quantitative estimate of drug-likeness (QED) is 0.523. The molecule has 0 bridgehead atoms. The van der Waals surface area contributed by atoms with Gasteiger partial charge in [-0.05, 0) is 36.4 Å². The Morgan fingerprint density at radius 1 is 0.842 bits per heavy atom. The standard InChI is InChI=1S/C14H10O4.Cd/c15-13(16)10-6-8-12(9-7-10)18-14(17)11-4-2-1-3-5-11;/h1-9H,(H,15,16);. The Kier molecular flexibility index (Phi) is 5.68. The van der Waals surface area contributed by atoms with Crippen molar-refractivity contribution >= 4 is 11.9 Å². The number of rotatable bonds is 3. The molecule has 0 heterocycles. The molecule has 92 valence electrons. The molecule has 0 unspecified atom stereocenters. The molecule has 2 aromatic carbocycles. The topological polar surface area (TPSA) is 63.6 Å². The van der Waals surface area contributed by atoms with Crippen molar-refractivity contribution in [3.05, 3.63) is 65.7 Å². The van der Waals surface area contributed by atoms with Gasteiger partial charge in [-0.2, -0.15) is 0 Å². The zero-order chi connectivity index (χ0) is 13.0. The van der Waals surface area contributed by atoms with Gasteiger partial charge in [0, 0.05) is 27.3 Å². The molecule has 0 aliphatic heterocycles. The van der Waals surface area contributed by atoms with E-state index in [9.17, 15) is 9.59 Å². The number of hydrogen-bond acceptors (Lipinski definition) is 3. The van der Waals surface area contributed by atoms with Crippen LogP contribution in [-0.2, 0) is 27.3 Å². The van der Waals surface area contributed by atoms with Crippen molar-refractivity contribution in [3.63, 3.8) is 0 Å². The van der Waals surface area contributed by atoms with Crippen LogP contribution >= 0.6 is 0 Å². The van der Waals surface area contributed by atoms with Gasteiger partial charge in [0.25, 0.3) is 0 Å².